The van der Waals surface area contributed by atoms with Gasteiger partial charge >= 0.3 is 0 Å². The number of hydrazine groups is 1. The van der Waals surface area contributed by atoms with E-state index < -0.39 is 0 Å². The zero-order chi connectivity index (χ0) is 13.8. The molecule has 2 aromatic heterocycles. The minimum absolute atomic E-state index is 0.215. The summed E-state index contributed by atoms with van der Waals surface area (Å²) in [5.74, 6) is 6.25. The zero-order valence-electron chi connectivity index (χ0n) is 10.7. The van der Waals surface area contributed by atoms with E-state index in [1.807, 2.05) is 13.8 Å². The maximum Gasteiger partial charge on any atom is 0.255 e. The molecule has 4 N–H and O–H groups in total. The monoisotopic (exact) mass is 261 g/mol. The molecule has 0 saturated heterocycles. The molecule has 0 bridgehead atoms. The van der Waals surface area contributed by atoms with Crippen LogP contribution in [0.2, 0.25) is 0 Å². The van der Waals surface area contributed by atoms with Gasteiger partial charge in [-0.15, -0.1) is 0 Å². The van der Waals surface area contributed by atoms with Crippen LogP contribution in [0, 0.1) is 13.8 Å². The predicted molar refractivity (Wildman–Crippen MR) is 69.2 cm³/mol. The van der Waals surface area contributed by atoms with Crippen molar-refractivity contribution >= 4 is 11.6 Å². The molecular formula is C12H15N5O2. The van der Waals surface area contributed by atoms with Gasteiger partial charge in [-0.05, 0) is 19.9 Å². The number of aromatic nitrogens is 2. The molecule has 0 aromatic carbocycles. The summed E-state index contributed by atoms with van der Waals surface area (Å²) in [4.78, 5) is 20.0. The fraction of sp³-hybridized carbons (Fsp3) is 0.250. The largest absolute Gasteiger partial charge is 0.444 e. The van der Waals surface area contributed by atoms with E-state index in [0.29, 0.717) is 17.1 Å². The van der Waals surface area contributed by atoms with E-state index in [9.17, 15) is 4.79 Å². The predicted octanol–water partition coefficient (Wildman–Crippen LogP) is 0.902. The number of amides is 1. The summed E-state index contributed by atoms with van der Waals surface area (Å²) in [7, 11) is 0. The standard InChI is InChI=1S/C12H15N5O2/c1-7-8(2)19-11(16-7)6-15-12(18)9-5-14-4-3-10(9)17-13/h3-5H,6,13H2,1-2H3,(H,14,17)(H,15,18). The Balaban J connectivity index is 2.05. The minimum atomic E-state index is -0.297. The van der Waals surface area contributed by atoms with Crippen LogP contribution in [0.5, 0.6) is 0 Å². The number of carbonyl (C=O) groups excluding carboxylic acids is 1. The summed E-state index contributed by atoms with van der Waals surface area (Å²) in [5.41, 5.74) is 4.14. The van der Waals surface area contributed by atoms with Crippen molar-refractivity contribution in [3.63, 3.8) is 0 Å². The van der Waals surface area contributed by atoms with Crippen LogP contribution in [-0.4, -0.2) is 15.9 Å². The molecule has 0 aliphatic heterocycles. The molecule has 0 fully saturated rings. The molecule has 2 heterocycles. The fourth-order valence-electron chi connectivity index (χ4n) is 1.57. The van der Waals surface area contributed by atoms with Gasteiger partial charge in [-0.1, -0.05) is 0 Å². The van der Waals surface area contributed by atoms with Gasteiger partial charge in [-0.3, -0.25) is 15.6 Å². The number of oxazole rings is 1. The lowest BCUT2D eigenvalue weighted by molar-refractivity contribution is 0.0947. The Morgan fingerprint density at radius 1 is 1.47 bits per heavy atom. The number of nitrogens with one attached hydrogen (secondary N) is 2. The first-order valence-electron chi connectivity index (χ1n) is 5.73. The van der Waals surface area contributed by atoms with E-state index in [1.165, 1.54) is 6.20 Å². The Bertz CT molecular complexity index is 574. The SMILES string of the molecule is Cc1nc(CNC(=O)c2cnccc2NN)oc1C. The van der Waals surface area contributed by atoms with Crippen LogP contribution in [0.1, 0.15) is 27.7 Å². The van der Waals surface area contributed by atoms with Crippen LogP contribution < -0.4 is 16.6 Å². The Morgan fingerprint density at radius 2 is 2.26 bits per heavy atom. The van der Waals surface area contributed by atoms with Crippen LogP contribution in [0.25, 0.3) is 0 Å². The fourth-order valence-corrected chi connectivity index (χ4v) is 1.57. The van der Waals surface area contributed by atoms with Crippen molar-refractivity contribution in [1.82, 2.24) is 15.3 Å². The summed E-state index contributed by atoms with van der Waals surface area (Å²) in [6, 6.07) is 1.62. The van der Waals surface area contributed by atoms with E-state index in [4.69, 9.17) is 10.3 Å². The second kappa shape index (κ2) is 5.49. The summed E-state index contributed by atoms with van der Waals surface area (Å²) >= 11 is 0. The molecule has 19 heavy (non-hydrogen) atoms. The zero-order valence-corrected chi connectivity index (χ0v) is 10.7. The number of hydrogen-bond donors (Lipinski definition) is 3. The van der Waals surface area contributed by atoms with Gasteiger partial charge in [0, 0.05) is 12.4 Å². The third kappa shape index (κ3) is 2.89. The smallest absolute Gasteiger partial charge is 0.255 e. The van der Waals surface area contributed by atoms with Gasteiger partial charge in [0.15, 0.2) is 0 Å². The van der Waals surface area contributed by atoms with Gasteiger partial charge in [-0.25, -0.2) is 4.98 Å². The maximum atomic E-state index is 12.0. The summed E-state index contributed by atoms with van der Waals surface area (Å²) in [5, 5.41) is 2.70. The first-order chi connectivity index (χ1) is 9.11. The summed E-state index contributed by atoms with van der Waals surface area (Å²) < 4.78 is 5.38. The highest BCUT2D eigenvalue weighted by Gasteiger charge is 2.12. The molecule has 7 nitrogen and oxygen atoms in total. The summed E-state index contributed by atoms with van der Waals surface area (Å²) in [6.07, 6.45) is 2.99. The molecule has 0 unspecified atom stereocenters. The Morgan fingerprint density at radius 3 is 2.89 bits per heavy atom. The number of aryl methyl sites for hydroxylation is 2. The maximum absolute atomic E-state index is 12.0. The molecule has 0 radical (unpaired) electrons. The number of hydrogen-bond acceptors (Lipinski definition) is 6. The topological polar surface area (TPSA) is 106 Å². The molecule has 7 heteroatoms. The van der Waals surface area contributed by atoms with Crippen molar-refractivity contribution in [3.8, 4) is 0 Å². The highest BCUT2D eigenvalue weighted by atomic mass is 16.4. The molecule has 0 aliphatic rings. The van der Waals surface area contributed by atoms with Gasteiger partial charge < -0.3 is 15.2 Å². The van der Waals surface area contributed by atoms with Gasteiger partial charge in [0.1, 0.15) is 5.76 Å². The third-order valence-corrected chi connectivity index (χ3v) is 2.69. The van der Waals surface area contributed by atoms with E-state index in [2.05, 4.69) is 20.7 Å². The molecule has 0 spiro atoms. The second-order valence-corrected chi connectivity index (χ2v) is 4.00. The number of rotatable bonds is 4. The van der Waals surface area contributed by atoms with Gasteiger partial charge in [0.2, 0.25) is 5.89 Å². The average molecular weight is 261 g/mol. The van der Waals surface area contributed by atoms with Crippen molar-refractivity contribution in [2.75, 3.05) is 5.43 Å². The highest BCUT2D eigenvalue weighted by molar-refractivity contribution is 5.99. The number of pyridine rings is 1. The molecule has 0 atom stereocenters. The van der Waals surface area contributed by atoms with Crippen LogP contribution >= 0.6 is 0 Å². The highest BCUT2D eigenvalue weighted by Crippen LogP contribution is 2.12. The van der Waals surface area contributed by atoms with E-state index in [-0.39, 0.29) is 12.5 Å². The lowest BCUT2D eigenvalue weighted by Crippen LogP contribution is -2.25. The molecule has 0 aliphatic carbocycles. The lowest BCUT2D eigenvalue weighted by atomic mass is 10.2. The normalized spacial score (nSPS) is 10.3. The van der Waals surface area contributed by atoms with Gasteiger partial charge in [-0.2, -0.15) is 0 Å². The molecule has 2 rings (SSSR count). The molecular weight excluding hydrogens is 246 g/mol. The number of carbonyl (C=O) groups is 1. The van der Waals surface area contributed by atoms with Gasteiger partial charge in [0.05, 0.1) is 23.5 Å². The molecule has 2 aromatic rings. The Kier molecular flexibility index (Phi) is 3.76. The third-order valence-electron chi connectivity index (χ3n) is 2.69. The Labute approximate surface area is 110 Å². The van der Waals surface area contributed by atoms with Crippen molar-refractivity contribution in [2.24, 2.45) is 5.84 Å². The van der Waals surface area contributed by atoms with Crippen molar-refractivity contribution in [1.29, 1.82) is 0 Å². The lowest BCUT2D eigenvalue weighted by Gasteiger charge is -2.07. The van der Waals surface area contributed by atoms with Crippen LogP contribution in [0.15, 0.2) is 22.9 Å². The number of nitrogen functional groups attached to an aromatic ring is 1. The van der Waals surface area contributed by atoms with Crippen molar-refractivity contribution < 1.29 is 9.21 Å². The first-order valence-corrected chi connectivity index (χ1v) is 5.73. The van der Waals surface area contributed by atoms with E-state index in [1.54, 1.807) is 12.3 Å². The van der Waals surface area contributed by atoms with E-state index >= 15 is 0 Å². The van der Waals surface area contributed by atoms with Crippen molar-refractivity contribution in [3.05, 3.63) is 41.4 Å². The minimum Gasteiger partial charge on any atom is -0.444 e. The van der Waals surface area contributed by atoms with Crippen LogP contribution in [0.3, 0.4) is 0 Å². The molecule has 100 valence electrons. The first kappa shape index (κ1) is 13.0. The number of anilines is 1. The average Bonchev–Trinajstić information content (AvgIpc) is 2.75. The van der Waals surface area contributed by atoms with Crippen molar-refractivity contribution in [2.45, 2.75) is 20.4 Å². The Hall–Kier alpha value is -2.41. The van der Waals surface area contributed by atoms with E-state index in [0.717, 1.165) is 11.5 Å². The quantitative estimate of drug-likeness (QED) is 0.557. The number of nitrogens with two attached hydrogens (primary N) is 1. The molecule has 0 saturated carbocycles. The number of nitrogens with zero attached hydrogens (tertiary/aromatic N) is 2. The molecule has 1 amide bonds. The summed E-state index contributed by atoms with van der Waals surface area (Å²) in [6.45, 7) is 3.89. The van der Waals surface area contributed by atoms with Gasteiger partial charge in [0.25, 0.3) is 5.91 Å². The second-order valence-electron chi connectivity index (χ2n) is 4.00. The van der Waals surface area contributed by atoms with Crippen LogP contribution in [-0.2, 0) is 6.54 Å². The van der Waals surface area contributed by atoms with Crippen LogP contribution in [0.4, 0.5) is 5.69 Å².